The molecule has 0 saturated heterocycles. The molecule has 1 N–H and O–H groups in total. The van der Waals surface area contributed by atoms with Gasteiger partial charge in [0, 0.05) is 18.2 Å². The average molecular weight is 207 g/mol. The maximum Gasteiger partial charge on any atom is 0.286 e. The molecule has 1 aromatic rings. The standard InChI is InChI=1S/C12H18N2O/c1-4-11(3)13-12(15)9-14-7-5-10(2)6-8-14/h5-8,11H,4,9H2,1-3H3/p+1/t11-/m1/s1. The van der Waals surface area contributed by atoms with Crippen molar-refractivity contribution in [3.63, 3.8) is 0 Å². The summed E-state index contributed by atoms with van der Waals surface area (Å²) in [5, 5.41) is 2.93. The zero-order valence-corrected chi connectivity index (χ0v) is 9.66. The second kappa shape index (κ2) is 5.49. The van der Waals surface area contributed by atoms with Crippen molar-refractivity contribution >= 4 is 5.91 Å². The van der Waals surface area contributed by atoms with Crippen LogP contribution in [-0.4, -0.2) is 11.9 Å². The topological polar surface area (TPSA) is 33.0 Å². The third-order valence-corrected chi connectivity index (χ3v) is 2.40. The molecule has 3 nitrogen and oxygen atoms in total. The molecule has 0 aliphatic carbocycles. The lowest BCUT2D eigenvalue weighted by molar-refractivity contribution is -0.684. The molecule has 0 saturated carbocycles. The van der Waals surface area contributed by atoms with Crippen LogP contribution in [0.1, 0.15) is 25.8 Å². The van der Waals surface area contributed by atoms with Gasteiger partial charge in [0.2, 0.25) is 6.54 Å². The SMILES string of the molecule is CC[C@@H](C)NC(=O)C[n+]1ccc(C)cc1. The lowest BCUT2D eigenvalue weighted by atomic mass is 10.2. The summed E-state index contributed by atoms with van der Waals surface area (Å²) < 4.78 is 1.88. The Labute approximate surface area is 91.1 Å². The van der Waals surface area contributed by atoms with Gasteiger partial charge in [0.15, 0.2) is 12.4 Å². The molecule has 1 aromatic heterocycles. The van der Waals surface area contributed by atoms with Gasteiger partial charge in [0.05, 0.1) is 0 Å². The molecule has 1 heterocycles. The third-order valence-electron chi connectivity index (χ3n) is 2.40. The Bertz CT molecular complexity index is 319. The van der Waals surface area contributed by atoms with Crippen LogP contribution in [0, 0.1) is 6.92 Å². The van der Waals surface area contributed by atoms with Crippen molar-refractivity contribution in [1.82, 2.24) is 5.32 Å². The number of carbonyl (C=O) groups is 1. The summed E-state index contributed by atoms with van der Waals surface area (Å²) in [7, 11) is 0. The predicted octanol–water partition coefficient (Wildman–Crippen LogP) is 1.20. The number of nitrogens with one attached hydrogen (secondary N) is 1. The highest BCUT2D eigenvalue weighted by Gasteiger charge is 2.10. The molecule has 0 aromatic carbocycles. The van der Waals surface area contributed by atoms with Crippen molar-refractivity contribution < 1.29 is 9.36 Å². The van der Waals surface area contributed by atoms with E-state index >= 15 is 0 Å². The summed E-state index contributed by atoms with van der Waals surface area (Å²) in [5.74, 6) is 0.0678. The first-order valence-electron chi connectivity index (χ1n) is 5.37. The number of hydrogen-bond donors (Lipinski definition) is 1. The first kappa shape index (κ1) is 11.7. The van der Waals surface area contributed by atoms with Crippen molar-refractivity contribution in [3.8, 4) is 0 Å². The second-order valence-electron chi connectivity index (χ2n) is 3.92. The molecule has 0 bridgehead atoms. The molecule has 0 aliphatic rings. The van der Waals surface area contributed by atoms with Crippen LogP contribution in [0.2, 0.25) is 0 Å². The van der Waals surface area contributed by atoms with E-state index in [1.54, 1.807) is 0 Å². The second-order valence-corrected chi connectivity index (χ2v) is 3.92. The molecule has 1 rings (SSSR count). The number of pyridine rings is 1. The molecule has 15 heavy (non-hydrogen) atoms. The number of carbonyl (C=O) groups excluding carboxylic acids is 1. The van der Waals surface area contributed by atoms with Crippen molar-refractivity contribution in [2.45, 2.75) is 39.8 Å². The lowest BCUT2D eigenvalue weighted by Gasteiger charge is -2.09. The van der Waals surface area contributed by atoms with Crippen molar-refractivity contribution in [1.29, 1.82) is 0 Å². The molecular formula is C12H19N2O+. The lowest BCUT2D eigenvalue weighted by Crippen LogP contribution is -2.44. The van der Waals surface area contributed by atoms with Crippen LogP contribution < -0.4 is 9.88 Å². The van der Waals surface area contributed by atoms with Gasteiger partial charge in [-0.15, -0.1) is 0 Å². The molecule has 0 unspecified atom stereocenters. The zero-order valence-electron chi connectivity index (χ0n) is 9.66. The summed E-state index contributed by atoms with van der Waals surface area (Å²) in [5.41, 5.74) is 1.20. The first-order valence-corrected chi connectivity index (χ1v) is 5.37. The molecule has 0 radical (unpaired) electrons. The van der Waals surface area contributed by atoms with E-state index in [2.05, 4.69) is 12.2 Å². The Kier molecular flexibility index (Phi) is 4.28. The Morgan fingerprint density at radius 1 is 1.47 bits per heavy atom. The van der Waals surface area contributed by atoms with Crippen LogP contribution in [0.25, 0.3) is 0 Å². The fourth-order valence-corrected chi connectivity index (χ4v) is 1.23. The van der Waals surface area contributed by atoms with E-state index in [0.29, 0.717) is 6.54 Å². The highest BCUT2D eigenvalue weighted by Crippen LogP contribution is 1.90. The van der Waals surface area contributed by atoms with Gasteiger partial charge in [0.25, 0.3) is 5.91 Å². The Hall–Kier alpha value is -1.38. The monoisotopic (exact) mass is 207 g/mol. The molecule has 1 amide bonds. The van der Waals surface area contributed by atoms with E-state index in [9.17, 15) is 4.79 Å². The number of nitrogens with zero attached hydrogens (tertiary/aromatic N) is 1. The van der Waals surface area contributed by atoms with Crippen LogP contribution >= 0.6 is 0 Å². The fraction of sp³-hybridized carbons (Fsp3) is 0.500. The highest BCUT2D eigenvalue weighted by atomic mass is 16.2. The maximum atomic E-state index is 11.5. The van der Waals surface area contributed by atoms with Crippen LogP contribution in [0.3, 0.4) is 0 Å². The molecule has 0 fully saturated rings. The van der Waals surface area contributed by atoms with Crippen LogP contribution in [0.4, 0.5) is 0 Å². The van der Waals surface area contributed by atoms with Crippen LogP contribution in [0.15, 0.2) is 24.5 Å². The van der Waals surface area contributed by atoms with E-state index in [-0.39, 0.29) is 11.9 Å². The third kappa shape index (κ3) is 4.11. The van der Waals surface area contributed by atoms with Crippen molar-refractivity contribution in [2.24, 2.45) is 0 Å². The van der Waals surface area contributed by atoms with E-state index in [4.69, 9.17) is 0 Å². The van der Waals surface area contributed by atoms with Crippen molar-refractivity contribution in [2.75, 3.05) is 0 Å². The van der Waals surface area contributed by atoms with Gasteiger partial charge < -0.3 is 5.32 Å². The molecular weight excluding hydrogens is 188 g/mol. The minimum atomic E-state index is 0.0678. The first-order chi connectivity index (χ1) is 7.11. The van der Waals surface area contributed by atoms with E-state index in [1.807, 2.05) is 42.9 Å². The zero-order chi connectivity index (χ0) is 11.3. The van der Waals surface area contributed by atoms with Gasteiger partial charge in [-0.3, -0.25) is 4.79 Å². The van der Waals surface area contributed by atoms with Gasteiger partial charge in [-0.1, -0.05) is 6.92 Å². The van der Waals surface area contributed by atoms with Gasteiger partial charge in [-0.25, -0.2) is 0 Å². The summed E-state index contributed by atoms with van der Waals surface area (Å²) in [6.07, 6.45) is 4.81. The predicted molar refractivity (Wildman–Crippen MR) is 59.3 cm³/mol. The summed E-state index contributed by atoms with van der Waals surface area (Å²) in [6.45, 7) is 6.50. The fourth-order valence-electron chi connectivity index (χ4n) is 1.23. The van der Waals surface area contributed by atoms with E-state index < -0.39 is 0 Å². The Balaban J connectivity index is 2.48. The maximum absolute atomic E-state index is 11.5. The average Bonchev–Trinajstić information content (AvgIpc) is 2.21. The minimum Gasteiger partial charge on any atom is -0.348 e. The van der Waals surface area contributed by atoms with Crippen LogP contribution in [-0.2, 0) is 11.3 Å². The molecule has 1 atom stereocenters. The van der Waals surface area contributed by atoms with Crippen molar-refractivity contribution in [3.05, 3.63) is 30.1 Å². The normalized spacial score (nSPS) is 12.2. The largest absolute Gasteiger partial charge is 0.348 e. The Morgan fingerprint density at radius 3 is 2.60 bits per heavy atom. The van der Waals surface area contributed by atoms with Gasteiger partial charge >= 0.3 is 0 Å². The Morgan fingerprint density at radius 2 is 2.07 bits per heavy atom. The molecule has 0 spiro atoms. The summed E-state index contributed by atoms with van der Waals surface area (Å²) in [4.78, 5) is 11.5. The van der Waals surface area contributed by atoms with Crippen LogP contribution in [0.5, 0.6) is 0 Å². The number of hydrogen-bond acceptors (Lipinski definition) is 1. The number of aryl methyl sites for hydroxylation is 1. The van der Waals surface area contributed by atoms with E-state index in [0.717, 1.165) is 6.42 Å². The molecule has 3 heteroatoms. The summed E-state index contributed by atoms with van der Waals surface area (Å²) in [6, 6.07) is 4.25. The number of rotatable bonds is 4. The van der Waals surface area contributed by atoms with Gasteiger partial charge in [-0.05, 0) is 25.8 Å². The van der Waals surface area contributed by atoms with E-state index in [1.165, 1.54) is 5.56 Å². The van der Waals surface area contributed by atoms with Gasteiger partial charge in [-0.2, -0.15) is 4.57 Å². The number of aromatic nitrogens is 1. The molecule has 0 aliphatic heterocycles. The highest BCUT2D eigenvalue weighted by molar-refractivity contribution is 5.74. The number of amides is 1. The molecule has 82 valence electrons. The van der Waals surface area contributed by atoms with Gasteiger partial charge in [0.1, 0.15) is 0 Å². The smallest absolute Gasteiger partial charge is 0.286 e. The summed E-state index contributed by atoms with van der Waals surface area (Å²) >= 11 is 0. The minimum absolute atomic E-state index is 0.0678. The quantitative estimate of drug-likeness (QED) is 0.739.